The molecule has 4 nitrogen and oxygen atoms in total. The van der Waals surface area contributed by atoms with E-state index in [-0.39, 0.29) is 18.0 Å². The lowest BCUT2D eigenvalue weighted by Gasteiger charge is -2.30. The van der Waals surface area contributed by atoms with Crippen LogP contribution in [0.2, 0.25) is 0 Å². The molecular formula is C19H28FNO3. The minimum atomic E-state index is -0.556. The van der Waals surface area contributed by atoms with Gasteiger partial charge in [0, 0.05) is 17.6 Å². The van der Waals surface area contributed by atoms with Gasteiger partial charge >= 0.3 is 0 Å². The number of benzene rings is 1. The fourth-order valence-electron chi connectivity index (χ4n) is 3.68. The van der Waals surface area contributed by atoms with E-state index in [1.807, 2.05) is 13.8 Å². The van der Waals surface area contributed by atoms with E-state index < -0.39 is 5.79 Å². The Bertz CT molecular complexity index is 576. The van der Waals surface area contributed by atoms with Gasteiger partial charge < -0.3 is 14.2 Å². The zero-order valence-corrected chi connectivity index (χ0v) is 15.0. The Hall–Kier alpha value is -1.17. The van der Waals surface area contributed by atoms with Crippen LogP contribution >= 0.6 is 0 Å². The van der Waals surface area contributed by atoms with Gasteiger partial charge in [0.05, 0.1) is 6.61 Å². The summed E-state index contributed by atoms with van der Waals surface area (Å²) >= 11 is 0. The van der Waals surface area contributed by atoms with Crippen molar-refractivity contribution < 1.29 is 18.6 Å². The van der Waals surface area contributed by atoms with E-state index in [9.17, 15) is 4.39 Å². The first-order valence-electron chi connectivity index (χ1n) is 8.85. The summed E-state index contributed by atoms with van der Waals surface area (Å²) < 4.78 is 31.2. The molecule has 0 saturated carbocycles. The predicted molar refractivity (Wildman–Crippen MR) is 90.6 cm³/mol. The zero-order valence-electron chi connectivity index (χ0n) is 15.0. The van der Waals surface area contributed by atoms with Crippen LogP contribution in [-0.2, 0) is 9.47 Å². The molecule has 5 heteroatoms. The molecule has 0 amide bonds. The average molecular weight is 337 g/mol. The van der Waals surface area contributed by atoms with E-state index in [0.29, 0.717) is 19.3 Å². The summed E-state index contributed by atoms with van der Waals surface area (Å²) in [7, 11) is 0. The molecule has 3 rings (SSSR count). The van der Waals surface area contributed by atoms with Crippen LogP contribution in [0.3, 0.4) is 0 Å². The molecule has 2 saturated heterocycles. The van der Waals surface area contributed by atoms with Gasteiger partial charge in [-0.05, 0) is 65.3 Å². The Kier molecular flexibility index (Phi) is 5.13. The molecule has 2 unspecified atom stereocenters. The highest BCUT2D eigenvalue weighted by molar-refractivity contribution is 5.37. The van der Waals surface area contributed by atoms with Gasteiger partial charge in [-0.25, -0.2) is 4.39 Å². The standard InChI is InChI=1S/C19H28FNO3/c1-13(2)21-9-5-6-17(21)16-10-14(20)7-8-18(16)22-11-15-12-23-19(3,4)24-15/h7-8,10,13,15,17H,5-6,9,11-12H2,1-4H3. The Morgan fingerprint density at radius 1 is 1.38 bits per heavy atom. The first-order valence-corrected chi connectivity index (χ1v) is 8.85. The van der Waals surface area contributed by atoms with Crippen LogP contribution in [-0.4, -0.2) is 42.6 Å². The molecule has 1 aromatic carbocycles. The maximum absolute atomic E-state index is 13.9. The van der Waals surface area contributed by atoms with Gasteiger partial charge in [-0.2, -0.15) is 0 Å². The first-order chi connectivity index (χ1) is 11.4. The molecule has 1 aromatic rings. The number of nitrogens with zero attached hydrogens (tertiary/aromatic N) is 1. The van der Waals surface area contributed by atoms with Crippen LogP contribution in [0.15, 0.2) is 18.2 Å². The van der Waals surface area contributed by atoms with Crippen molar-refractivity contribution in [2.24, 2.45) is 0 Å². The van der Waals surface area contributed by atoms with Crippen LogP contribution in [0.4, 0.5) is 4.39 Å². The first kappa shape index (κ1) is 17.6. The minimum Gasteiger partial charge on any atom is -0.490 e. The number of rotatable bonds is 5. The van der Waals surface area contributed by atoms with Crippen molar-refractivity contribution in [3.05, 3.63) is 29.6 Å². The molecule has 24 heavy (non-hydrogen) atoms. The van der Waals surface area contributed by atoms with E-state index in [0.717, 1.165) is 30.7 Å². The normalized spacial score (nSPS) is 27.1. The molecule has 0 radical (unpaired) electrons. The average Bonchev–Trinajstić information content (AvgIpc) is 3.12. The van der Waals surface area contributed by atoms with Crippen molar-refractivity contribution in [3.8, 4) is 5.75 Å². The second kappa shape index (κ2) is 6.98. The van der Waals surface area contributed by atoms with Gasteiger partial charge in [-0.15, -0.1) is 0 Å². The van der Waals surface area contributed by atoms with Crippen LogP contribution < -0.4 is 4.74 Å². The molecule has 2 aliphatic heterocycles. The van der Waals surface area contributed by atoms with E-state index >= 15 is 0 Å². The summed E-state index contributed by atoms with van der Waals surface area (Å²) in [5, 5.41) is 0. The molecule has 2 atom stereocenters. The quantitative estimate of drug-likeness (QED) is 0.815. The summed E-state index contributed by atoms with van der Waals surface area (Å²) in [6, 6.07) is 5.47. The molecule has 0 bridgehead atoms. The third-order valence-electron chi connectivity index (χ3n) is 4.78. The van der Waals surface area contributed by atoms with Crippen molar-refractivity contribution in [2.45, 2.75) is 64.5 Å². The monoisotopic (exact) mass is 337 g/mol. The van der Waals surface area contributed by atoms with Crippen molar-refractivity contribution in [1.82, 2.24) is 4.90 Å². The van der Waals surface area contributed by atoms with Crippen molar-refractivity contribution in [2.75, 3.05) is 19.8 Å². The topological polar surface area (TPSA) is 30.9 Å². The maximum atomic E-state index is 13.9. The third kappa shape index (κ3) is 3.90. The van der Waals surface area contributed by atoms with Crippen LogP contribution in [0.1, 0.15) is 52.1 Å². The predicted octanol–water partition coefficient (Wildman–Crippen LogP) is 3.90. The Balaban J connectivity index is 1.74. The summed E-state index contributed by atoms with van der Waals surface area (Å²) in [4.78, 5) is 2.42. The number of hydrogen-bond donors (Lipinski definition) is 0. The summed E-state index contributed by atoms with van der Waals surface area (Å²) in [5.41, 5.74) is 0.944. The van der Waals surface area contributed by atoms with Gasteiger partial charge in [0.15, 0.2) is 5.79 Å². The van der Waals surface area contributed by atoms with Crippen molar-refractivity contribution in [1.29, 1.82) is 0 Å². The number of halogens is 1. The van der Waals surface area contributed by atoms with Gasteiger partial charge in [-0.3, -0.25) is 4.90 Å². The molecule has 0 aromatic heterocycles. The fourth-order valence-corrected chi connectivity index (χ4v) is 3.68. The van der Waals surface area contributed by atoms with Crippen LogP contribution in [0, 0.1) is 5.82 Å². The lowest BCUT2D eigenvalue weighted by atomic mass is 10.0. The van der Waals surface area contributed by atoms with Crippen molar-refractivity contribution in [3.63, 3.8) is 0 Å². The van der Waals surface area contributed by atoms with E-state index in [4.69, 9.17) is 14.2 Å². The lowest BCUT2D eigenvalue weighted by Crippen LogP contribution is -2.31. The highest BCUT2D eigenvalue weighted by Crippen LogP contribution is 2.38. The maximum Gasteiger partial charge on any atom is 0.163 e. The van der Waals surface area contributed by atoms with Crippen LogP contribution in [0.25, 0.3) is 0 Å². The van der Waals surface area contributed by atoms with E-state index in [1.165, 1.54) is 6.07 Å². The van der Waals surface area contributed by atoms with Gasteiger partial charge in [0.25, 0.3) is 0 Å². The number of hydrogen-bond acceptors (Lipinski definition) is 4. The van der Waals surface area contributed by atoms with Crippen molar-refractivity contribution >= 4 is 0 Å². The summed E-state index contributed by atoms with van der Waals surface area (Å²) in [5.74, 6) is -0.0173. The molecule has 0 aliphatic carbocycles. The zero-order chi connectivity index (χ0) is 17.3. The van der Waals surface area contributed by atoms with Crippen LogP contribution in [0.5, 0.6) is 5.75 Å². The summed E-state index contributed by atoms with van der Waals surface area (Å²) in [6.07, 6.45) is 2.07. The van der Waals surface area contributed by atoms with Gasteiger partial charge in [-0.1, -0.05) is 0 Å². The van der Waals surface area contributed by atoms with E-state index in [2.05, 4.69) is 18.7 Å². The highest BCUT2D eigenvalue weighted by atomic mass is 19.1. The number of ether oxygens (including phenoxy) is 3. The Labute approximate surface area is 143 Å². The fraction of sp³-hybridized carbons (Fsp3) is 0.684. The molecule has 0 N–H and O–H groups in total. The smallest absolute Gasteiger partial charge is 0.163 e. The number of likely N-dealkylation sites (tertiary alicyclic amines) is 1. The largest absolute Gasteiger partial charge is 0.490 e. The molecular weight excluding hydrogens is 309 g/mol. The molecule has 134 valence electrons. The lowest BCUT2D eigenvalue weighted by molar-refractivity contribution is -0.141. The SMILES string of the molecule is CC(C)N1CCCC1c1cc(F)ccc1OCC1COC(C)(C)O1. The second-order valence-electron chi connectivity index (χ2n) is 7.43. The van der Waals surface area contributed by atoms with E-state index in [1.54, 1.807) is 12.1 Å². The second-order valence-corrected chi connectivity index (χ2v) is 7.43. The van der Waals surface area contributed by atoms with Gasteiger partial charge in [0.1, 0.15) is 24.3 Å². The van der Waals surface area contributed by atoms with Gasteiger partial charge in [0.2, 0.25) is 0 Å². The molecule has 2 fully saturated rings. The summed E-state index contributed by atoms with van der Waals surface area (Å²) in [6.45, 7) is 10.1. The highest BCUT2D eigenvalue weighted by Gasteiger charge is 2.34. The third-order valence-corrected chi connectivity index (χ3v) is 4.78. The molecule has 2 aliphatic rings. The molecule has 0 spiro atoms. The Morgan fingerprint density at radius 3 is 2.83 bits per heavy atom. The molecule has 2 heterocycles. The Morgan fingerprint density at radius 2 is 2.17 bits per heavy atom. The minimum absolute atomic E-state index is 0.0947.